The highest BCUT2D eigenvalue weighted by Gasteiger charge is 2.15. The van der Waals surface area contributed by atoms with E-state index in [4.69, 9.17) is 4.74 Å². The second kappa shape index (κ2) is 8.82. The predicted octanol–water partition coefficient (Wildman–Crippen LogP) is 4.17. The van der Waals surface area contributed by atoms with Gasteiger partial charge in [-0.3, -0.25) is 4.79 Å². The molecule has 3 N–H and O–H groups in total. The number of rotatable bonds is 6. The molecule has 29 heavy (non-hydrogen) atoms. The van der Waals surface area contributed by atoms with Crippen LogP contribution in [0.25, 0.3) is 10.9 Å². The third-order valence-electron chi connectivity index (χ3n) is 4.41. The molecule has 0 unspecified atom stereocenters. The Labute approximate surface area is 170 Å². The van der Waals surface area contributed by atoms with Crippen molar-refractivity contribution in [2.45, 2.75) is 39.3 Å². The van der Waals surface area contributed by atoms with Crippen molar-refractivity contribution in [3.05, 3.63) is 71.4 Å². The third kappa shape index (κ3) is 5.85. The zero-order valence-electron chi connectivity index (χ0n) is 17.0. The van der Waals surface area contributed by atoms with Gasteiger partial charge in [0, 0.05) is 35.8 Å². The van der Waals surface area contributed by atoms with Crippen LogP contribution >= 0.6 is 0 Å². The largest absolute Gasteiger partial charge is 0.444 e. The van der Waals surface area contributed by atoms with Crippen LogP contribution in [0.4, 0.5) is 4.79 Å². The Balaban J connectivity index is 1.47. The highest BCUT2D eigenvalue weighted by molar-refractivity contribution is 5.94. The van der Waals surface area contributed by atoms with E-state index in [1.54, 1.807) is 12.1 Å². The first-order valence-electron chi connectivity index (χ1n) is 9.71. The number of alkyl carbamates (subject to hydrolysis) is 1. The minimum atomic E-state index is -0.529. The maximum atomic E-state index is 12.4. The summed E-state index contributed by atoms with van der Waals surface area (Å²) in [5.41, 5.74) is 3.24. The summed E-state index contributed by atoms with van der Waals surface area (Å²) in [5, 5.41) is 6.84. The van der Waals surface area contributed by atoms with Crippen molar-refractivity contribution >= 4 is 22.9 Å². The number of aromatic amines is 1. The Bertz CT molecular complexity index is 985. The molecule has 2 aromatic carbocycles. The number of hydrogen-bond acceptors (Lipinski definition) is 3. The second-order valence-corrected chi connectivity index (χ2v) is 7.92. The summed E-state index contributed by atoms with van der Waals surface area (Å²) < 4.78 is 5.21. The molecule has 6 heteroatoms. The molecule has 1 heterocycles. The second-order valence-electron chi connectivity index (χ2n) is 7.92. The van der Waals surface area contributed by atoms with Gasteiger partial charge in [0.15, 0.2) is 0 Å². The van der Waals surface area contributed by atoms with E-state index < -0.39 is 11.7 Å². The lowest BCUT2D eigenvalue weighted by atomic mass is 10.1. The summed E-state index contributed by atoms with van der Waals surface area (Å²) >= 11 is 0. The minimum Gasteiger partial charge on any atom is -0.444 e. The van der Waals surface area contributed by atoms with Crippen LogP contribution in [0.5, 0.6) is 0 Å². The van der Waals surface area contributed by atoms with Gasteiger partial charge in [0.2, 0.25) is 0 Å². The number of fused-ring (bicyclic) bond motifs is 1. The van der Waals surface area contributed by atoms with E-state index in [2.05, 4.69) is 21.7 Å². The van der Waals surface area contributed by atoms with Crippen LogP contribution in [0.1, 0.15) is 42.3 Å². The number of hydrogen-bond donors (Lipinski definition) is 3. The number of amides is 2. The van der Waals surface area contributed by atoms with Gasteiger partial charge in [-0.05, 0) is 56.5 Å². The molecule has 0 atom stereocenters. The Morgan fingerprint density at radius 2 is 1.72 bits per heavy atom. The molecular formula is C23H27N3O3. The fourth-order valence-corrected chi connectivity index (χ4v) is 3.01. The molecule has 0 saturated carbocycles. The van der Waals surface area contributed by atoms with E-state index in [0.29, 0.717) is 18.7 Å². The van der Waals surface area contributed by atoms with Gasteiger partial charge in [0.1, 0.15) is 5.60 Å². The number of benzene rings is 2. The average Bonchev–Trinajstić information content (AvgIpc) is 3.09. The first-order chi connectivity index (χ1) is 13.8. The van der Waals surface area contributed by atoms with Gasteiger partial charge in [-0.1, -0.05) is 30.3 Å². The van der Waals surface area contributed by atoms with Crippen molar-refractivity contribution in [3.8, 4) is 0 Å². The van der Waals surface area contributed by atoms with Crippen LogP contribution < -0.4 is 10.6 Å². The highest BCUT2D eigenvalue weighted by Crippen LogP contribution is 2.17. The molecule has 0 fully saturated rings. The van der Waals surface area contributed by atoms with Gasteiger partial charge in [0.05, 0.1) is 0 Å². The van der Waals surface area contributed by atoms with Crippen molar-refractivity contribution in [1.29, 1.82) is 0 Å². The average molecular weight is 393 g/mol. The Hall–Kier alpha value is -3.28. The van der Waals surface area contributed by atoms with E-state index in [1.165, 1.54) is 10.9 Å². The molecule has 0 bridgehead atoms. The van der Waals surface area contributed by atoms with Crippen molar-refractivity contribution in [1.82, 2.24) is 15.6 Å². The van der Waals surface area contributed by atoms with Gasteiger partial charge in [-0.2, -0.15) is 0 Å². The van der Waals surface area contributed by atoms with Crippen molar-refractivity contribution in [2.75, 3.05) is 6.54 Å². The summed E-state index contributed by atoms with van der Waals surface area (Å²) in [4.78, 5) is 27.3. The highest BCUT2D eigenvalue weighted by atomic mass is 16.6. The van der Waals surface area contributed by atoms with Gasteiger partial charge >= 0.3 is 6.09 Å². The van der Waals surface area contributed by atoms with E-state index >= 15 is 0 Å². The van der Waals surface area contributed by atoms with Crippen LogP contribution in [-0.2, 0) is 17.7 Å². The molecule has 1 aromatic heterocycles. The van der Waals surface area contributed by atoms with Gasteiger partial charge in [-0.25, -0.2) is 4.79 Å². The molecular weight excluding hydrogens is 366 g/mol. The number of carbonyl (C=O) groups excluding carboxylic acids is 2. The molecule has 152 valence electrons. The van der Waals surface area contributed by atoms with Crippen LogP contribution in [0.2, 0.25) is 0 Å². The molecule has 0 spiro atoms. The summed E-state index contributed by atoms with van der Waals surface area (Å²) in [7, 11) is 0. The maximum Gasteiger partial charge on any atom is 0.407 e. The maximum absolute atomic E-state index is 12.4. The standard InChI is InChI=1S/C23H27N3O3/c1-23(2,3)29-22(28)26-14-16-8-10-17(11-9-16)21(27)24-13-12-18-15-25-20-7-5-4-6-19(18)20/h4-11,15,25H,12-14H2,1-3H3,(H,24,27)(H,26,28). The van der Waals surface area contributed by atoms with E-state index in [1.807, 2.05) is 57.3 Å². The molecule has 0 radical (unpaired) electrons. The van der Waals surface area contributed by atoms with Crippen LogP contribution in [0, 0.1) is 0 Å². The van der Waals surface area contributed by atoms with Gasteiger partial charge in [0.25, 0.3) is 5.91 Å². The normalized spacial score (nSPS) is 11.3. The number of para-hydroxylation sites is 1. The van der Waals surface area contributed by atoms with E-state index in [0.717, 1.165) is 17.5 Å². The van der Waals surface area contributed by atoms with Crippen LogP contribution in [0.3, 0.4) is 0 Å². The predicted molar refractivity (Wildman–Crippen MR) is 114 cm³/mol. The lowest BCUT2D eigenvalue weighted by molar-refractivity contribution is 0.0523. The van der Waals surface area contributed by atoms with Crippen molar-refractivity contribution < 1.29 is 14.3 Å². The van der Waals surface area contributed by atoms with Crippen molar-refractivity contribution in [3.63, 3.8) is 0 Å². The summed E-state index contributed by atoms with van der Waals surface area (Å²) in [5.74, 6) is -0.114. The summed E-state index contributed by atoms with van der Waals surface area (Å²) in [6.45, 7) is 6.36. The number of H-pyrrole nitrogens is 1. The smallest absolute Gasteiger partial charge is 0.407 e. The molecule has 6 nitrogen and oxygen atoms in total. The topological polar surface area (TPSA) is 83.2 Å². The quantitative estimate of drug-likeness (QED) is 0.588. The Morgan fingerprint density at radius 1 is 1.00 bits per heavy atom. The van der Waals surface area contributed by atoms with Gasteiger partial charge < -0.3 is 20.4 Å². The minimum absolute atomic E-state index is 0.114. The first-order valence-corrected chi connectivity index (χ1v) is 9.71. The number of ether oxygens (including phenoxy) is 1. The molecule has 0 saturated heterocycles. The molecule has 3 rings (SSSR count). The Morgan fingerprint density at radius 3 is 2.45 bits per heavy atom. The van der Waals surface area contributed by atoms with Crippen LogP contribution in [-0.4, -0.2) is 29.1 Å². The Kier molecular flexibility index (Phi) is 6.22. The fourth-order valence-electron chi connectivity index (χ4n) is 3.01. The lowest BCUT2D eigenvalue weighted by Crippen LogP contribution is -2.32. The molecule has 0 aliphatic heterocycles. The number of nitrogens with one attached hydrogen (secondary N) is 3. The zero-order chi connectivity index (χ0) is 20.9. The zero-order valence-corrected chi connectivity index (χ0v) is 17.0. The summed E-state index contributed by atoms with van der Waals surface area (Å²) in [6.07, 6.45) is 2.29. The van der Waals surface area contributed by atoms with E-state index in [9.17, 15) is 9.59 Å². The SMILES string of the molecule is CC(C)(C)OC(=O)NCc1ccc(C(=O)NCCc2c[nH]c3ccccc23)cc1. The lowest BCUT2D eigenvalue weighted by Gasteiger charge is -2.19. The van der Waals surface area contributed by atoms with Gasteiger partial charge in [-0.15, -0.1) is 0 Å². The van der Waals surface area contributed by atoms with E-state index in [-0.39, 0.29) is 5.91 Å². The van der Waals surface area contributed by atoms with Crippen LogP contribution in [0.15, 0.2) is 54.7 Å². The first kappa shape index (κ1) is 20.5. The molecule has 0 aliphatic rings. The summed E-state index contributed by atoms with van der Waals surface area (Å²) in [6, 6.07) is 15.3. The molecule has 3 aromatic rings. The van der Waals surface area contributed by atoms with Crippen molar-refractivity contribution in [2.24, 2.45) is 0 Å². The third-order valence-corrected chi connectivity index (χ3v) is 4.41. The number of carbonyl (C=O) groups is 2. The fraction of sp³-hybridized carbons (Fsp3) is 0.304. The monoisotopic (exact) mass is 393 g/mol. The molecule has 0 aliphatic carbocycles. The molecule has 2 amide bonds. The number of aromatic nitrogens is 1.